The number of rotatable bonds is 28. The first kappa shape index (κ1) is 63.2. The van der Waals surface area contributed by atoms with Gasteiger partial charge in [0.2, 0.25) is 23.6 Å². The predicted molar refractivity (Wildman–Crippen MR) is 315 cm³/mol. The molecule has 6 aromatic rings. The van der Waals surface area contributed by atoms with Gasteiger partial charge in [0, 0.05) is 68.3 Å². The molecule has 0 fully saturated rings. The fourth-order valence-electron chi connectivity index (χ4n) is 7.96. The zero-order valence-electron chi connectivity index (χ0n) is 47.4. The van der Waals surface area contributed by atoms with Gasteiger partial charge in [0.25, 0.3) is 11.8 Å². The van der Waals surface area contributed by atoms with Crippen LogP contribution in [0.25, 0.3) is 10.2 Å². The molecule has 7 amide bonds. The number of carbonyl (C=O) groups excluding carboxylic acids is 7. The van der Waals surface area contributed by atoms with Gasteiger partial charge in [-0.1, -0.05) is 61.3 Å². The molecular weight excluding hydrogens is 1140 g/mol. The topological polar surface area (TPSA) is 306 Å². The molecule has 3 aromatic heterocycles. The van der Waals surface area contributed by atoms with Crippen LogP contribution in [0, 0.1) is 30.5 Å². The Labute approximate surface area is 496 Å². The Morgan fingerprint density at radius 1 is 0.847 bits per heavy atom. The number of thiazole rings is 2. The standard InChI is InChI=1S/C58H63FN12O12S2/c1-34(2)50(64-47(73)24-29-81-30-25-60-46(72)23-27-71-48(74)21-22-49(71)75)54(77)61-36(4)53(76)62-39-18-15-38(16-19-39)33-83-58(80)69(5)26-9-11-37-17-20-42(40(59)32-37)82-28-10-14-44-51(55(78)79)65-57(85-44)70(6)45-31-35(3)52(68-67-45)66-56-63-41-12-7-8-13-43(41)84-56/h7-8,12-13,15-22,31-32,34,36,50H,10,14,23-30,33H2,1-6H3,(H,60,72)(H,61,77)(H,62,76)(H,64,73)(H,78,79)(H,63,66,68)/t36-,50-/m0/s1. The summed E-state index contributed by atoms with van der Waals surface area (Å²) in [6, 6.07) is 18.4. The number of imide groups is 1. The molecule has 27 heteroatoms. The van der Waals surface area contributed by atoms with Crippen LogP contribution >= 0.6 is 22.7 Å². The monoisotopic (exact) mass is 1200 g/mol. The number of benzene rings is 3. The molecule has 3 aromatic carbocycles. The maximum Gasteiger partial charge on any atom is 0.410 e. The predicted octanol–water partition coefficient (Wildman–Crippen LogP) is 6.25. The van der Waals surface area contributed by atoms with Crippen LogP contribution < -0.4 is 36.2 Å². The third kappa shape index (κ3) is 18.3. The van der Waals surface area contributed by atoms with E-state index < -0.39 is 59.5 Å². The van der Waals surface area contributed by atoms with E-state index in [1.54, 1.807) is 56.1 Å². The average molecular weight is 1200 g/mol. The Balaban J connectivity index is 0.768. The summed E-state index contributed by atoms with van der Waals surface area (Å²) in [5.74, 6) is 1.62. The van der Waals surface area contributed by atoms with Gasteiger partial charge in [0.05, 0.1) is 36.6 Å². The molecule has 24 nitrogen and oxygen atoms in total. The van der Waals surface area contributed by atoms with Crippen molar-refractivity contribution in [3.05, 3.63) is 118 Å². The Morgan fingerprint density at radius 3 is 2.31 bits per heavy atom. The number of aromatic nitrogens is 4. The highest BCUT2D eigenvalue weighted by Crippen LogP contribution is 2.33. The van der Waals surface area contributed by atoms with Gasteiger partial charge in [-0.05, 0) is 92.3 Å². The summed E-state index contributed by atoms with van der Waals surface area (Å²) >= 11 is 2.70. The van der Waals surface area contributed by atoms with Crippen LogP contribution in [0.5, 0.6) is 5.75 Å². The number of halogens is 1. The van der Waals surface area contributed by atoms with Gasteiger partial charge in [-0.3, -0.25) is 33.7 Å². The van der Waals surface area contributed by atoms with Gasteiger partial charge >= 0.3 is 12.1 Å². The van der Waals surface area contributed by atoms with E-state index in [-0.39, 0.29) is 82.2 Å². The number of anilines is 5. The first-order chi connectivity index (χ1) is 40.7. The van der Waals surface area contributed by atoms with Crippen molar-refractivity contribution in [1.29, 1.82) is 0 Å². The molecule has 1 aliphatic rings. The van der Waals surface area contributed by atoms with Crippen molar-refractivity contribution >= 4 is 108 Å². The molecule has 0 aliphatic carbocycles. The van der Waals surface area contributed by atoms with E-state index in [1.807, 2.05) is 37.3 Å². The molecule has 0 spiro atoms. The van der Waals surface area contributed by atoms with Gasteiger partial charge in [-0.25, -0.2) is 23.9 Å². The molecule has 0 radical (unpaired) electrons. The minimum absolute atomic E-state index is 0.00812. The molecule has 85 heavy (non-hydrogen) atoms. The van der Waals surface area contributed by atoms with Crippen LogP contribution in [-0.2, 0) is 51.3 Å². The molecule has 0 saturated heterocycles. The second kappa shape index (κ2) is 30.2. The molecule has 0 bridgehead atoms. The molecule has 7 rings (SSSR count). The number of aromatic carboxylic acids is 1. The lowest BCUT2D eigenvalue weighted by Crippen LogP contribution is -2.53. The van der Waals surface area contributed by atoms with E-state index in [4.69, 9.17) is 14.2 Å². The smallest absolute Gasteiger partial charge is 0.410 e. The number of nitrogens with one attached hydrogen (secondary N) is 5. The molecule has 4 heterocycles. The summed E-state index contributed by atoms with van der Waals surface area (Å²) in [6.45, 7) is 7.03. The second-order valence-corrected chi connectivity index (χ2v) is 21.7. The molecule has 2 atom stereocenters. The first-order valence-corrected chi connectivity index (χ1v) is 28.5. The Morgan fingerprint density at radius 2 is 1.60 bits per heavy atom. The average Bonchev–Trinajstić information content (AvgIpc) is 3.99. The Kier molecular flexibility index (Phi) is 22.5. The van der Waals surface area contributed by atoms with Crippen LogP contribution in [0.4, 0.5) is 36.8 Å². The van der Waals surface area contributed by atoms with E-state index in [1.165, 1.54) is 53.7 Å². The first-order valence-electron chi connectivity index (χ1n) is 26.8. The minimum atomic E-state index is -1.18. The van der Waals surface area contributed by atoms with Crippen LogP contribution in [0.2, 0.25) is 0 Å². The number of aryl methyl sites for hydroxylation is 2. The highest BCUT2D eigenvalue weighted by atomic mass is 32.1. The summed E-state index contributed by atoms with van der Waals surface area (Å²) < 4.78 is 32.7. The highest BCUT2D eigenvalue weighted by molar-refractivity contribution is 7.22. The quantitative estimate of drug-likeness (QED) is 0.0180. The van der Waals surface area contributed by atoms with Gasteiger partial charge in [0.1, 0.15) is 18.7 Å². The van der Waals surface area contributed by atoms with Crippen LogP contribution in [0.1, 0.15) is 72.1 Å². The summed E-state index contributed by atoms with van der Waals surface area (Å²) in [5, 5.41) is 33.6. The van der Waals surface area contributed by atoms with Crippen molar-refractivity contribution in [2.24, 2.45) is 5.92 Å². The molecule has 6 N–H and O–H groups in total. The van der Waals surface area contributed by atoms with Gasteiger partial charge in [-0.15, -0.1) is 21.5 Å². The third-order valence-electron chi connectivity index (χ3n) is 12.7. The number of amides is 7. The molecular formula is C58H63FN12O12S2. The van der Waals surface area contributed by atoms with Crippen LogP contribution in [0.15, 0.2) is 84.9 Å². The number of carboxylic acids is 1. The van der Waals surface area contributed by atoms with Gasteiger partial charge in [0.15, 0.2) is 39.2 Å². The summed E-state index contributed by atoms with van der Waals surface area (Å²) in [4.78, 5) is 112. The van der Waals surface area contributed by atoms with E-state index in [0.717, 1.165) is 32.8 Å². The van der Waals surface area contributed by atoms with Crippen molar-refractivity contribution in [1.82, 2.24) is 45.9 Å². The lowest BCUT2D eigenvalue weighted by molar-refractivity contribution is -0.137. The Bertz CT molecular complexity index is 3480. The van der Waals surface area contributed by atoms with Crippen molar-refractivity contribution in [2.45, 2.75) is 72.1 Å². The lowest BCUT2D eigenvalue weighted by atomic mass is 10.0. The molecule has 0 saturated carbocycles. The van der Waals surface area contributed by atoms with Gasteiger partial charge in [-0.2, -0.15) is 0 Å². The van der Waals surface area contributed by atoms with Crippen molar-refractivity contribution in [3.63, 3.8) is 0 Å². The van der Waals surface area contributed by atoms with Crippen LogP contribution in [-0.4, -0.2) is 148 Å². The molecule has 446 valence electrons. The number of ether oxygens (including phenoxy) is 3. The number of carbonyl (C=O) groups is 8. The normalized spacial score (nSPS) is 12.5. The van der Waals surface area contributed by atoms with E-state index >= 15 is 4.39 Å². The molecule has 1 aliphatic heterocycles. The number of hydrogen-bond acceptors (Lipinski definition) is 19. The number of carboxylic acid groups (broad SMARTS) is 1. The lowest BCUT2D eigenvalue weighted by Gasteiger charge is -2.24. The Hall–Kier alpha value is -9.39. The summed E-state index contributed by atoms with van der Waals surface area (Å²) in [7, 11) is 3.22. The largest absolute Gasteiger partial charge is 0.491 e. The second-order valence-electron chi connectivity index (χ2n) is 19.6. The minimum Gasteiger partial charge on any atom is -0.491 e. The number of nitrogens with zero attached hydrogens (tertiary/aromatic N) is 7. The third-order valence-corrected chi connectivity index (χ3v) is 14.9. The fraction of sp³-hybridized carbons (Fsp3) is 0.345. The highest BCUT2D eigenvalue weighted by Gasteiger charge is 2.28. The maximum absolute atomic E-state index is 15.1. The summed E-state index contributed by atoms with van der Waals surface area (Å²) in [5.41, 5.74) is 2.94. The van der Waals surface area contributed by atoms with Crippen LogP contribution in [0.3, 0.4) is 0 Å². The number of hydrogen-bond donors (Lipinski definition) is 6. The summed E-state index contributed by atoms with van der Waals surface area (Å²) in [6.07, 6.45) is 2.15. The van der Waals surface area contributed by atoms with E-state index in [0.29, 0.717) is 56.4 Å². The fourth-order valence-corrected chi connectivity index (χ4v) is 9.89. The zero-order valence-corrected chi connectivity index (χ0v) is 49.0. The van der Waals surface area contributed by atoms with E-state index in [2.05, 4.69) is 58.6 Å². The van der Waals surface area contributed by atoms with Crippen molar-refractivity contribution in [3.8, 4) is 17.6 Å². The zero-order chi connectivity index (χ0) is 61.2. The SMILES string of the molecule is Cc1cc(N(C)c2nc(C(=O)O)c(CCCOc3ccc(C#CCN(C)C(=O)OCc4ccc(NC(=O)[C@H](C)NC(=O)[C@@H](NC(=O)CCOCCNC(=O)CCN5C(=O)C=CC5=O)C(C)C)cc4)cc3F)s2)nnc1Nc1nc2ccccc2s1. The number of fused-ring (bicyclic) bond motifs is 1. The van der Waals surface area contributed by atoms with E-state index in [9.17, 15) is 43.5 Å². The van der Waals surface area contributed by atoms with Crippen molar-refractivity contribution in [2.75, 3.05) is 69.1 Å². The number of para-hydroxylation sites is 1. The van der Waals surface area contributed by atoms with Gasteiger partial charge < -0.3 is 55.7 Å². The maximum atomic E-state index is 15.1. The van der Waals surface area contributed by atoms with Crippen molar-refractivity contribution < 1.29 is 62.1 Å². The molecule has 0 unspecified atom stereocenters.